The SMILES string of the molecule is NCCCNc1ccc(C(N)=O)nn1. The second kappa shape index (κ2) is 5.13. The van der Waals surface area contributed by atoms with Gasteiger partial charge in [-0.2, -0.15) is 0 Å². The number of primary amides is 1. The highest BCUT2D eigenvalue weighted by molar-refractivity contribution is 5.90. The van der Waals surface area contributed by atoms with Crippen molar-refractivity contribution in [2.45, 2.75) is 6.42 Å². The quantitative estimate of drug-likeness (QED) is 0.540. The van der Waals surface area contributed by atoms with Gasteiger partial charge in [0.2, 0.25) is 0 Å². The number of nitrogens with two attached hydrogens (primary N) is 2. The number of aromatic nitrogens is 2. The van der Waals surface area contributed by atoms with Crippen LogP contribution in [0.1, 0.15) is 16.9 Å². The summed E-state index contributed by atoms with van der Waals surface area (Å²) in [6.07, 6.45) is 0.860. The molecule has 0 aromatic carbocycles. The Bertz CT molecular complexity index is 297. The van der Waals surface area contributed by atoms with Gasteiger partial charge in [-0.05, 0) is 25.1 Å². The number of carbonyl (C=O) groups excluding carboxylic acids is 1. The lowest BCUT2D eigenvalue weighted by atomic mass is 10.3. The predicted molar refractivity (Wildman–Crippen MR) is 52.7 cm³/mol. The topological polar surface area (TPSA) is 107 Å². The van der Waals surface area contributed by atoms with E-state index < -0.39 is 5.91 Å². The third-order valence-electron chi connectivity index (χ3n) is 1.60. The lowest BCUT2D eigenvalue weighted by molar-refractivity contribution is 0.0994. The van der Waals surface area contributed by atoms with Crippen molar-refractivity contribution < 1.29 is 4.79 Å². The third-order valence-corrected chi connectivity index (χ3v) is 1.60. The molecule has 0 unspecified atom stereocenters. The number of hydrogen-bond donors (Lipinski definition) is 3. The van der Waals surface area contributed by atoms with Crippen LogP contribution in [0.5, 0.6) is 0 Å². The second-order valence-corrected chi connectivity index (χ2v) is 2.74. The van der Waals surface area contributed by atoms with Crippen molar-refractivity contribution in [2.24, 2.45) is 11.5 Å². The van der Waals surface area contributed by atoms with Crippen molar-refractivity contribution in [3.8, 4) is 0 Å². The molecule has 76 valence electrons. The zero-order valence-corrected chi connectivity index (χ0v) is 7.73. The maximum atomic E-state index is 10.7. The highest BCUT2D eigenvalue weighted by Gasteiger charge is 2.01. The first-order valence-electron chi connectivity index (χ1n) is 4.31. The van der Waals surface area contributed by atoms with Crippen LogP contribution in [0.2, 0.25) is 0 Å². The summed E-state index contributed by atoms with van der Waals surface area (Å²) < 4.78 is 0. The Morgan fingerprint density at radius 3 is 2.71 bits per heavy atom. The zero-order chi connectivity index (χ0) is 10.4. The molecule has 1 heterocycles. The summed E-state index contributed by atoms with van der Waals surface area (Å²) in [6, 6.07) is 3.18. The number of rotatable bonds is 5. The van der Waals surface area contributed by atoms with Crippen LogP contribution in [0.25, 0.3) is 0 Å². The highest BCUT2D eigenvalue weighted by Crippen LogP contribution is 2.00. The molecule has 0 saturated heterocycles. The molecule has 0 atom stereocenters. The largest absolute Gasteiger partial charge is 0.369 e. The fraction of sp³-hybridized carbons (Fsp3) is 0.375. The summed E-state index contributed by atoms with van der Waals surface area (Å²) in [5.41, 5.74) is 10.5. The van der Waals surface area contributed by atoms with Crippen molar-refractivity contribution in [1.82, 2.24) is 10.2 Å². The van der Waals surface area contributed by atoms with E-state index in [2.05, 4.69) is 15.5 Å². The van der Waals surface area contributed by atoms with Crippen LogP contribution in [0.4, 0.5) is 5.82 Å². The van der Waals surface area contributed by atoms with Crippen LogP contribution < -0.4 is 16.8 Å². The van der Waals surface area contributed by atoms with Gasteiger partial charge in [0.25, 0.3) is 5.91 Å². The Balaban J connectivity index is 2.51. The van der Waals surface area contributed by atoms with Gasteiger partial charge in [0.15, 0.2) is 5.69 Å². The van der Waals surface area contributed by atoms with Crippen LogP contribution in [-0.2, 0) is 0 Å². The van der Waals surface area contributed by atoms with Gasteiger partial charge in [-0.15, -0.1) is 10.2 Å². The van der Waals surface area contributed by atoms with Crippen molar-refractivity contribution in [3.05, 3.63) is 17.8 Å². The Kier molecular flexibility index (Phi) is 3.81. The first kappa shape index (κ1) is 10.4. The average Bonchev–Trinajstić information content (AvgIpc) is 2.19. The monoisotopic (exact) mass is 195 g/mol. The molecular formula is C8H13N5O. The molecule has 5 N–H and O–H groups in total. The summed E-state index contributed by atoms with van der Waals surface area (Å²) in [4.78, 5) is 10.7. The minimum atomic E-state index is -0.578. The fourth-order valence-electron chi connectivity index (χ4n) is 0.876. The van der Waals surface area contributed by atoms with Crippen LogP contribution in [-0.4, -0.2) is 29.2 Å². The smallest absolute Gasteiger partial charge is 0.269 e. The molecule has 0 radical (unpaired) electrons. The Morgan fingerprint density at radius 1 is 1.43 bits per heavy atom. The first-order chi connectivity index (χ1) is 6.74. The molecule has 1 rings (SSSR count). The van der Waals surface area contributed by atoms with E-state index in [-0.39, 0.29) is 5.69 Å². The van der Waals surface area contributed by atoms with Gasteiger partial charge >= 0.3 is 0 Å². The molecule has 0 bridgehead atoms. The van der Waals surface area contributed by atoms with Crippen molar-refractivity contribution in [1.29, 1.82) is 0 Å². The Labute approximate surface area is 81.7 Å². The average molecular weight is 195 g/mol. The Hall–Kier alpha value is -1.69. The number of amides is 1. The lowest BCUT2D eigenvalue weighted by Crippen LogP contribution is -2.15. The van der Waals surface area contributed by atoms with E-state index in [4.69, 9.17) is 11.5 Å². The number of anilines is 1. The van der Waals surface area contributed by atoms with Crippen LogP contribution in [0, 0.1) is 0 Å². The van der Waals surface area contributed by atoms with E-state index >= 15 is 0 Å². The lowest BCUT2D eigenvalue weighted by Gasteiger charge is -2.02. The van der Waals surface area contributed by atoms with E-state index in [0.717, 1.165) is 13.0 Å². The molecule has 0 saturated carbocycles. The van der Waals surface area contributed by atoms with E-state index in [1.54, 1.807) is 6.07 Å². The summed E-state index contributed by atoms with van der Waals surface area (Å²) in [6.45, 7) is 1.36. The zero-order valence-electron chi connectivity index (χ0n) is 7.73. The summed E-state index contributed by atoms with van der Waals surface area (Å²) in [7, 11) is 0. The van der Waals surface area contributed by atoms with E-state index in [1.807, 2.05) is 0 Å². The summed E-state index contributed by atoms with van der Waals surface area (Å²) >= 11 is 0. The van der Waals surface area contributed by atoms with Crippen LogP contribution in [0.15, 0.2) is 12.1 Å². The van der Waals surface area contributed by atoms with E-state index in [9.17, 15) is 4.79 Å². The second-order valence-electron chi connectivity index (χ2n) is 2.74. The molecule has 6 nitrogen and oxygen atoms in total. The van der Waals surface area contributed by atoms with Crippen molar-refractivity contribution in [3.63, 3.8) is 0 Å². The molecule has 1 aromatic rings. The molecular weight excluding hydrogens is 182 g/mol. The molecule has 6 heteroatoms. The highest BCUT2D eigenvalue weighted by atomic mass is 16.1. The molecule has 0 spiro atoms. The van der Waals surface area contributed by atoms with Gasteiger partial charge in [-0.3, -0.25) is 4.79 Å². The van der Waals surface area contributed by atoms with Crippen LogP contribution >= 0.6 is 0 Å². The van der Waals surface area contributed by atoms with Crippen LogP contribution in [0.3, 0.4) is 0 Å². The fourth-order valence-corrected chi connectivity index (χ4v) is 0.876. The summed E-state index contributed by atoms with van der Waals surface area (Å²) in [5.74, 6) is 0.0365. The van der Waals surface area contributed by atoms with Gasteiger partial charge in [-0.25, -0.2) is 0 Å². The molecule has 0 fully saturated rings. The molecule has 0 aliphatic rings. The molecule has 1 amide bonds. The molecule has 0 aliphatic carbocycles. The van der Waals surface area contributed by atoms with E-state index in [0.29, 0.717) is 12.4 Å². The summed E-state index contributed by atoms with van der Waals surface area (Å²) in [5, 5.41) is 10.4. The van der Waals surface area contributed by atoms with Gasteiger partial charge < -0.3 is 16.8 Å². The molecule has 14 heavy (non-hydrogen) atoms. The standard InChI is InChI=1S/C8H13N5O/c9-4-1-5-11-7-3-2-6(8(10)14)12-13-7/h2-3H,1,4-5,9H2,(H2,10,14)(H,11,13). The number of nitrogens with one attached hydrogen (secondary N) is 1. The van der Waals surface area contributed by atoms with Crippen molar-refractivity contribution >= 4 is 11.7 Å². The Morgan fingerprint density at radius 2 is 2.21 bits per heavy atom. The minimum Gasteiger partial charge on any atom is -0.369 e. The predicted octanol–water partition coefficient (Wildman–Crippen LogP) is -0.664. The minimum absolute atomic E-state index is 0.161. The van der Waals surface area contributed by atoms with Gasteiger partial charge in [0.1, 0.15) is 5.82 Å². The van der Waals surface area contributed by atoms with Gasteiger partial charge in [0.05, 0.1) is 0 Å². The molecule has 0 aliphatic heterocycles. The first-order valence-corrected chi connectivity index (χ1v) is 4.31. The maximum absolute atomic E-state index is 10.7. The number of nitrogens with zero attached hydrogens (tertiary/aromatic N) is 2. The van der Waals surface area contributed by atoms with E-state index in [1.165, 1.54) is 6.07 Å². The van der Waals surface area contributed by atoms with Gasteiger partial charge in [-0.1, -0.05) is 0 Å². The normalized spacial score (nSPS) is 9.79. The number of hydrogen-bond acceptors (Lipinski definition) is 5. The molecule has 1 aromatic heterocycles. The maximum Gasteiger partial charge on any atom is 0.269 e. The number of carbonyl (C=O) groups is 1. The van der Waals surface area contributed by atoms with Crippen molar-refractivity contribution in [2.75, 3.05) is 18.4 Å². The van der Waals surface area contributed by atoms with Gasteiger partial charge in [0, 0.05) is 6.54 Å². The third kappa shape index (κ3) is 2.98.